The fraction of sp³-hybridized carbons (Fsp3) is 0.125. The number of halogens is 1. The van der Waals surface area contributed by atoms with Crippen LogP contribution in [0.1, 0.15) is 22.8 Å². The molecule has 0 unspecified atom stereocenters. The van der Waals surface area contributed by atoms with E-state index in [9.17, 15) is 9.90 Å². The van der Waals surface area contributed by atoms with Gasteiger partial charge in [-0.15, -0.1) is 0 Å². The van der Waals surface area contributed by atoms with E-state index in [1.165, 1.54) is 12.3 Å². The van der Waals surface area contributed by atoms with E-state index < -0.39 is 0 Å². The molecule has 0 fully saturated rings. The molecular formula is C16H15BrN2O3. The summed E-state index contributed by atoms with van der Waals surface area (Å²) in [6.45, 7) is 2.28. The lowest BCUT2D eigenvalue weighted by Crippen LogP contribution is -2.17. The first-order valence-electron chi connectivity index (χ1n) is 6.65. The van der Waals surface area contributed by atoms with Crippen LogP contribution in [0.5, 0.6) is 11.5 Å². The predicted molar refractivity (Wildman–Crippen MR) is 88.5 cm³/mol. The minimum absolute atomic E-state index is 0.0675. The van der Waals surface area contributed by atoms with Crippen LogP contribution in [-0.4, -0.2) is 23.8 Å². The normalized spacial score (nSPS) is 10.6. The average molecular weight is 363 g/mol. The second-order valence-corrected chi connectivity index (χ2v) is 5.28. The smallest absolute Gasteiger partial charge is 0.271 e. The number of benzene rings is 2. The number of carbonyl (C=O) groups excluding carboxylic acids is 1. The third kappa shape index (κ3) is 4.33. The van der Waals surface area contributed by atoms with Crippen molar-refractivity contribution in [2.75, 3.05) is 6.61 Å². The molecule has 6 heteroatoms. The first-order chi connectivity index (χ1) is 10.6. The lowest BCUT2D eigenvalue weighted by molar-refractivity contribution is 0.0955. The highest BCUT2D eigenvalue weighted by Crippen LogP contribution is 2.26. The summed E-state index contributed by atoms with van der Waals surface area (Å²) in [5.41, 5.74) is 3.67. The van der Waals surface area contributed by atoms with Gasteiger partial charge in [-0.3, -0.25) is 4.79 Å². The second kappa shape index (κ2) is 7.61. The molecule has 1 amide bonds. The van der Waals surface area contributed by atoms with Crippen LogP contribution in [0, 0.1) is 0 Å². The quantitative estimate of drug-likeness (QED) is 0.633. The number of nitrogens with zero attached hydrogens (tertiary/aromatic N) is 1. The van der Waals surface area contributed by atoms with Crippen LogP contribution in [-0.2, 0) is 0 Å². The van der Waals surface area contributed by atoms with Crippen molar-refractivity contribution < 1.29 is 14.6 Å². The summed E-state index contributed by atoms with van der Waals surface area (Å²) in [5.74, 6) is 0.149. The average Bonchev–Trinajstić information content (AvgIpc) is 2.51. The maximum atomic E-state index is 11.9. The van der Waals surface area contributed by atoms with E-state index in [2.05, 4.69) is 26.5 Å². The van der Waals surface area contributed by atoms with Gasteiger partial charge in [-0.2, -0.15) is 5.10 Å². The summed E-state index contributed by atoms with van der Waals surface area (Å²) in [6, 6.07) is 11.8. The Balaban J connectivity index is 2.01. The van der Waals surface area contributed by atoms with Gasteiger partial charge in [0.2, 0.25) is 0 Å². The molecular weight excluding hydrogens is 348 g/mol. The van der Waals surface area contributed by atoms with Gasteiger partial charge >= 0.3 is 0 Å². The molecule has 0 aliphatic rings. The van der Waals surface area contributed by atoms with Gasteiger partial charge in [0, 0.05) is 10.0 Å². The predicted octanol–water partition coefficient (Wildman–Crippen LogP) is 3.32. The summed E-state index contributed by atoms with van der Waals surface area (Å²) in [4.78, 5) is 11.9. The van der Waals surface area contributed by atoms with Crippen molar-refractivity contribution >= 4 is 28.1 Å². The van der Waals surface area contributed by atoms with E-state index in [1.54, 1.807) is 36.4 Å². The highest BCUT2D eigenvalue weighted by Gasteiger charge is 2.04. The monoisotopic (exact) mass is 362 g/mol. The van der Waals surface area contributed by atoms with Crippen molar-refractivity contribution in [2.24, 2.45) is 5.10 Å². The van der Waals surface area contributed by atoms with E-state index in [0.717, 1.165) is 4.47 Å². The summed E-state index contributed by atoms with van der Waals surface area (Å²) < 4.78 is 6.18. The van der Waals surface area contributed by atoms with E-state index in [4.69, 9.17) is 4.74 Å². The molecule has 0 radical (unpaired) electrons. The number of hydrogen-bond acceptors (Lipinski definition) is 4. The Morgan fingerprint density at radius 3 is 2.73 bits per heavy atom. The van der Waals surface area contributed by atoms with Gasteiger partial charge in [0.25, 0.3) is 5.91 Å². The Bertz CT molecular complexity index is 684. The molecule has 2 aromatic carbocycles. The molecule has 0 saturated heterocycles. The molecule has 0 saturated carbocycles. The summed E-state index contributed by atoms with van der Waals surface area (Å²) in [5, 5.41) is 13.5. The standard InChI is InChI=1S/C16H15BrN2O3/c1-2-22-15-9-11(3-8-14(15)20)10-18-19-16(21)12-4-6-13(17)7-5-12/h3-10,20H,2H2,1H3,(H,19,21)/b18-10-. The lowest BCUT2D eigenvalue weighted by Gasteiger charge is -2.06. The van der Waals surface area contributed by atoms with Gasteiger partial charge in [0.05, 0.1) is 12.8 Å². The zero-order valence-corrected chi connectivity index (χ0v) is 13.5. The number of phenols is 1. The maximum absolute atomic E-state index is 11.9. The van der Waals surface area contributed by atoms with E-state index in [1.807, 2.05) is 6.92 Å². The number of hydrogen-bond donors (Lipinski definition) is 2. The molecule has 5 nitrogen and oxygen atoms in total. The molecule has 0 spiro atoms. The van der Waals surface area contributed by atoms with Crippen molar-refractivity contribution in [1.82, 2.24) is 5.43 Å². The van der Waals surface area contributed by atoms with Crippen molar-refractivity contribution in [3.05, 3.63) is 58.1 Å². The number of nitrogens with one attached hydrogen (secondary N) is 1. The first-order valence-corrected chi connectivity index (χ1v) is 7.44. The first kappa shape index (κ1) is 16.0. The molecule has 0 aromatic heterocycles. The Hall–Kier alpha value is -2.34. The van der Waals surface area contributed by atoms with Gasteiger partial charge in [-0.05, 0) is 55.0 Å². The zero-order valence-electron chi connectivity index (χ0n) is 11.9. The van der Waals surface area contributed by atoms with Crippen LogP contribution >= 0.6 is 15.9 Å². The highest BCUT2D eigenvalue weighted by atomic mass is 79.9. The minimum atomic E-state index is -0.299. The number of amides is 1. The third-order valence-corrected chi connectivity index (χ3v) is 3.30. The zero-order chi connectivity index (χ0) is 15.9. The van der Waals surface area contributed by atoms with Crippen molar-refractivity contribution in [1.29, 1.82) is 0 Å². The van der Waals surface area contributed by atoms with Gasteiger partial charge < -0.3 is 9.84 Å². The molecule has 2 aromatic rings. The number of carbonyl (C=O) groups is 1. The van der Waals surface area contributed by atoms with Crippen molar-refractivity contribution in [3.8, 4) is 11.5 Å². The molecule has 114 valence electrons. The minimum Gasteiger partial charge on any atom is -0.504 e. The summed E-state index contributed by atoms with van der Waals surface area (Å²) >= 11 is 3.31. The van der Waals surface area contributed by atoms with Crippen molar-refractivity contribution in [2.45, 2.75) is 6.92 Å². The SMILES string of the molecule is CCOc1cc(/C=N\NC(=O)c2ccc(Br)cc2)ccc1O. The highest BCUT2D eigenvalue weighted by molar-refractivity contribution is 9.10. The molecule has 0 aliphatic heterocycles. The number of aromatic hydroxyl groups is 1. The number of hydrazone groups is 1. The fourth-order valence-electron chi connectivity index (χ4n) is 1.71. The van der Waals surface area contributed by atoms with Crippen LogP contribution in [0.2, 0.25) is 0 Å². The summed E-state index contributed by atoms with van der Waals surface area (Å²) in [7, 11) is 0. The van der Waals surface area contributed by atoms with Crippen LogP contribution < -0.4 is 10.2 Å². The van der Waals surface area contributed by atoms with Gasteiger partial charge in [-0.25, -0.2) is 5.43 Å². The topological polar surface area (TPSA) is 70.9 Å². The molecule has 22 heavy (non-hydrogen) atoms. The van der Waals surface area contributed by atoms with Crippen LogP contribution in [0.15, 0.2) is 52.0 Å². The lowest BCUT2D eigenvalue weighted by atomic mass is 10.2. The fourth-order valence-corrected chi connectivity index (χ4v) is 1.98. The van der Waals surface area contributed by atoms with Crippen LogP contribution in [0.25, 0.3) is 0 Å². The maximum Gasteiger partial charge on any atom is 0.271 e. The van der Waals surface area contributed by atoms with Gasteiger partial charge in [-0.1, -0.05) is 15.9 Å². The molecule has 0 heterocycles. The third-order valence-electron chi connectivity index (χ3n) is 2.77. The Morgan fingerprint density at radius 1 is 1.32 bits per heavy atom. The molecule has 2 rings (SSSR count). The van der Waals surface area contributed by atoms with Crippen LogP contribution in [0.3, 0.4) is 0 Å². The Morgan fingerprint density at radius 2 is 2.05 bits per heavy atom. The number of phenolic OH excluding ortho intramolecular Hbond substituents is 1. The summed E-state index contributed by atoms with van der Waals surface area (Å²) in [6.07, 6.45) is 1.48. The largest absolute Gasteiger partial charge is 0.504 e. The van der Waals surface area contributed by atoms with E-state index in [-0.39, 0.29) is 11.7 Å². The molecule has 0 bridgehead atoms. The van der Waals surface area contributed by atoms with Gasteiger partial charge in [0.15, 0.2) is 11.5 Å². The van der Waals surface area contributed by atoms with Crippen molar-refractivity contribution in [3.63, 3.8) is 0 Å². The Labute approximate surface area is 136 Å². The van der Waals surface area contributed by atoms with Gasteiger partial charge in [0.1, 0.15) is 0 Å². The van der Waals surface area contributed by atoms with E-state index in [0.29, 0.717) is 23.5 Å². The Kier molecular flexibility index (Phi) is 5.55. The molecule has 0 aliphatic carbocycles. The number of rotatable bonds is 5. The van der Waals surface area contributed by atoms with Crippen LogP contribution in [0.4, 0.5) is 0 Å². The van der Waals surface area contributed by atoms with E-state index >= 15 is 0 Å². The molecule has 0 atom stereocenters. The second-order valence-electron chi connectivity index (χ2n) is 4.37. The molecule has 2 N–H and O–H groups in total. The number of ether oxygens (including phenoxy) is 1.